The Morgan fingerprint density at radius 1 is 1.00 bits per heavy atom. The van der Waals surface area contributed by atoms with E-state index in [4.69, 9.17) is 11.6 Å². The normalized spacial score (nSPS) is 12.2. The van der Waals surface area contributed by atoms with Crippen molar-refractivity contribution in [1.82, 2.24) is 24.4 Å². The average molecular weight is 662 g/mol. The minimum atomic E-state index is -6.01. The molecule has 2 aromatic carbocycles. The van der Waals surface area contributed by atoms with Crippen LogP contribution in [0.5, 0.6) is 0 Å². The number of amides is 1. The number of nitrogens with zero attached hydrogens (tertiary/aromatic N) is 5. The maximum Gasteiger partial charge on any atom is 0.459 e. The Balaban J connectivity index is 1.51. The standard InChI is InChI=1S/C25H13BrClF7N6O/c26-15-11-39(10-14-16(27)2-1-3-17(14)29)38-22(15)36-23(41)19-9-21-35-18(12-4-6-13(28)7-5-12)8-20(40(21)37-19)24(30,31)25(32,33)34/h1-9,11H,10H2,(H,36,38,41). The number of benzene rings is 2. The lowest BCUT2D eigenvalue weighted by atomic mass is 10.1. The fourth-order valence-corrected chi connectivity index (χ4v) is 4.44. The van der Waals surface area contributed by atoms with Gasteiger partial charge in [0, 0.05) is 28.4 Å². The molecule has 7 nitrogen and oxygen atoms in total. The van der Waals surface area contributed by atoms with E-state index in [1.165, 1.54) is 29.1 Å². The molecular formula is C25H13BrClF7N6O. The van der Waals surface area contributed by atoms with E-state index in [1.54, 1.807) is 0 Å². The molecule has 0 atom stereocenters. The third-order valence-electron chi connectivity index (χ3n) is 5.81. The minimum Gasteiger partial charge on any atom is -0.303 e. The Hall–Kier alpha value is -3.98. The number of nitrogens with one attached hydrogen (secondary N) is 1. The lowest BCUT2D eigenvalue weighted by Crippen LogP contribution is -2.36. The number of aromatic nitrogens is 5. The molecule has 0 unspecified atom stereocenters. The predicted octanol–water partition coefficient (Wildman–Crippen LogP) is 7.24. The summed E-state index contributed by atoms with van der Waals surface area (Å²) in [6, 6.07) is 9.75. The number of carbonyl (C=O) groups excluding carboxylic acids is 1. The number of carbonyl (C=O) groups is 1. The first-order valence-corrected chi connectivity index (χ1v) is 12.5. The van der Waals surface area contributed by atoms with Gasteiger partial charge in [-0.05, 0) is 58.4 Å². The number of halogens is 9. The molecule has 0 spiro atoms. The van der Waals surface area contributed by atoms with Gasteiger partial charge < -0.3 is 5.32 Å². The Labute approximate surface area is 238 Å². The van der Waals surface area contributed by atoms with Gasteiger partial charge in [0.05, 0.1) is 16.7 Å². The van der Waals surface area contributed by atoms with E-state index < -0.39 is 46.7 Å². The van der Waals surface area contributed by atoms with Crippen LogP contribution in [0.1, 0.15) is 21.7 Å². The number of anilines is 1. The molecule has 1 amide bonds. The molecule has 5 rings (SSSR count). The summed E-state index contributed by atoms with van der Waals surface area (Å²) in [4.78, 5) is 17.0. The van der Waals surface area contributed by atoms with Gasteiger partial charge >= 0.3 is 12.1 Å². The van der Waals surface area contributed by atoms with Crippen molar-refractivity contribution >= 4 is 44.9 Å². The molecule has 3 heterocycles. The van der Waals surface area contributed by atoms with Gasteiger partial charge in [0.15, 0.2) is 17.2 Å². The van der Waals surface area contributed by atoms with Crippen LogP contribution in [0, 0.1) is 11.6 Å². The second-order valence-corrected chi connectivity index (χ2v) is 9.84. The summed E-state index contributed by atoms with van der Waals surface area (Å²) in [6.07, 6.45) is -4.60. The van der Waals surface area contributed by atoms with Crippen molar-refractivity contribution in [3.8, 4) is 11.3 Å². The Bertz CT molecular complexity index is 1770. The first kappa shape index (κ1) is 28.5. The van der Waals surface area contributed by atoms with E-state index in [0.717, 1.165) is 30.3 Å². The molecule has 212 valence electrons. The largest absolute Gasteiger partial charge is 0.459 e. The van der Waals surface area contributed by atoms with Crippen LogP contribution >= 0.6 is 27.5 Å². The smallest absolute Gasteiger partial charge is 0.303 e. The maximum absolute atomic E-state index is 14.6. The van der Waals surface area contributed by atoms with E-state index in [9.17, 15) is 35.5 Å². The molecule has 0 radical (unpaired) electrons. The highest BCUT2D eigenvalue weighted by Crippen LogP contribution is 2.44. The van der Waals surface area contributed by atoms with E-state index in [2.05, 4.69) is 36.4 Å². The van der Waals surface area contributed by atoms with Gasteiger partial charge in [0.1, 0.15) is 17.3 Å². The van der Waals surface area contributed by atoms with E-state index >= 15 is 0 Å². The van der Waals surface area contributed by atoms with Gasteiger partial charge in [0.25, 0.3) is 5.91 Å². The SMILES string of the molecule is O=C(Nc1nn(Cc2c(F)cccc2Cl)cc1Br)c1cc2nc(-c3ccc(F)cc3)cc(C(F)(F)C(F)(F)F)n2n1. The quantitative estimate of drug-likeness (QED) is 0.195. The topological polar surface area (TPSA) is 77.1 Å². The fourth-order valence-electron chi connectivity index (χ4n) is 3.80. The summed E-state index contributed by atoms with van der Waals surface area (Å²) in [5.41, 5.74) is -2.84. The van der Waals surface area contributed by atoms with Crippen molar-refractivity contribution in [2.24, 2.45) is 0 Å². The molecule has 0 saturated heterocycles. The van der Waals surface area contributed by atoms with Crippen molar-refractivity contribution in [2.75, 3.05) is 5.32 Å². The molecular weight excluding hydrogens is 649 g/mol. The lowest BCUT2D eigenvalue weighted by Gasteiger charge is -2.21. The molecule has 0 bridgehead atoms. The van der Waals surface area contributed by atoms with Crippen LogP contribution in [0.3, 0.4) is 0 Å². The van der Waals surface area contributed by atoms with Crippen molar-refractivity contribution < 1.29 is 35.5 Å². The highest BCUT2D eigenvalue weighted by atomic mass is 79.9. The first-order valence-electron chi connectivity index (χ1n) is 11.3. The van der Waals surface area contributed by atoms with Gasteiger partial charge in [-0.1, -0.05) is 17.7 Å². The van der Waals surface area contributed by atoms with Crippen molar-refractivity contribution in [2.45, 2.75) is 18.6 Å². The molecule has 0 aliphatic rings. The molecule has 3 aromatic heterocycles. The lowest BCUT2D eigenvalue weighted by molar-refractivity contribution is -0.291. The zero-order valence-corrected chi connectivity index (χ0v) is 22.4. The molecule has 41 heavy (non-hydrogen) atoms. The van der Waals surface area contributed by atoms with E-state index in [1.807, 2.05) is 0 Å². The number of alkyl halides is 5. The van der Waals surface area contributed by atoms with Gasteiger partial charge in [-0.15, -0.1) is 0 Å². The molecule has 0 aliphatic heterocycles. The van der Waals surface area contributed by atoms with Crippen LogP contribution in [0.2, 0.25) is 5.02 Å². The van der Waals surface area contributed by atoms with Crippen molar-refractivity contribution in [1.29, 1.82) is 0 Å². The van der Waals surface area contributed by atoms with Crippen LogP contribution in [-0.4, -0.2) is 36.5 Å². The third-order valence-corrected chi connectivity index (χ3v) is 6.74. The van der Waals surface area contributed by atoms with Crippen molar-refractivity contribution in [3.05, 3.63) is 98.9 Å². The summed E-state index contributed by atoms with van der Waals surface area (Å²) in [5.74, 6) is -7.74. The zero-order valence-electron chi connectivity index (χ0n) is 20.0. The van der Waals surface area contributed by atoms with E-state index in [-0.39, 0.29) is 43.2 Å². The van der Waals surface area contributed by atoms with Gasteiger partial charge in [-0.25, -0.2) is 18.3 Å². The number of hydrogen-bond donors (Lipinski definition) is 1. The summed E-state index contributed by atoms with van der Waals surface area (Å²) in [7, 11) is 0. The molecule has 1 N–H and O–H groups in total. The highest BCUT2D eigenvalue weighted by molar-refractivity contribution is 9.10. The van der Waals surface area contributed by atoms with Crippen LogP contribution in [0.15, 0.2) is 65.3 Å². The first-order chi connectivity index (χ1) is 19.2. The Morgan fingerprint density at radius 2 is 1.71 bits per heavy atom. The second-order valence-electron chi connectivity index (χ2n) is 8.58. The van der Waals surface area contributed by atoms with Crippen LogP contribution < -0.4 is 5.32 Å². The second kappa shape index (κ2) is 10.4. The predicted molar refractivity (Wildman–Crippen MR) is 137 cm³/mol. The summed E-state index contributed by atoms with van der Waals surface area (Å²) < 4.78 is 98.4. The van der Waals surface area contributed by atoms with Crippen LogP contribution in [0.4, 0.5) is 36.6 Å². The summed E-state index contributed by atoms with van der Waals surface area (Å²) >= 11 is 9.23. The summed E-state index contributed by atoms with van der Waals surface area (Å²) in [6.45, 7) is -0.111. The molecule has 0 fully saturated rings. The zero-order chi connectivity index (χ0) is 29.7. The third kappa shape index (κ3) is 5.51. The molecule has 5 aromatic rings. The monoisotopic (exact) mass is 660 g/mol. The Morgan fingerprint density at radius 3 is 2.37 bits per heavy atom. The Kier molecular flexibility index (Phi) is 7.27. The summed E-state index contributed by atoms with van der Waals surface area (Å²) in [5, 5.41) is 10.3. The molecule has 0 aliphatic carbocycles. The van der Waals surface area contributed by atoms with Gasteiger partial charge in [-0.3, -0.25) is 9.48 Å². The molecule has 16 heteroatoms. The van der Waals surface area contributed by atoms with Gasteiger partial charge in [-0.2, -0.15) is 32.1 Å². The fraction of sp³-hybridized carbons (Fsp3) is 0.120. The minimum absolute atomic E-state index is 0.0461. The molecule has 0 saturated carbocycles. The van der Waals surface area contributed by atoms with Crippen molar-refractivity contribution in [3.63, 3.8) is 0 Å². The number of hydrogen-bond acceptors (Lipinski definition) is 4. The van der Waals surface area contributed by atoms with Crippen LogP contribution in [0.25, 0.3) is 16.9 Å². The number of fused-ring (bicyclic) bond motifs is 1. The highest BCUT2D eigenvalue weighted by Gasteiger charge is 2.60. The average Bonchev–Trinajstić information content (AvgIpc) is 3.48. The maximum atomic E-state index is 14.6. The number of rotatable bonds is 6. The van der Waals surface area contributed by atoms with E-state index in [0.29, 0.717) is 6.07 Å². The van der Waals surface area contributed by atoms with Crippen LogP contribution in [-0.2, 0) is 12.5 Å². The van der Waals surface area contributed by atoms with Gasteiger partial charge in [0.2, 0.25) is 0 Å².